The van der Waals surface area contributed by atoms with Gasteiger partial charge < -0.3 is 10.2 Å². The molecule has 0 aromatic carbocycles. The third-order valence-electron chi connectivity index (χ3n) is 3.53. The topological polar surface area (TPSA) is 74.6 Å². The summed E-state index contributed by atoms with van der Waals surface area (Å²) < 4.78 is 0. The molecular formula is C13H18O4. The van der Waals surface area contributed by atoms with Crippen molar-refractivity contribution in [1.82, 2.24) is 0 Å². The molecule has 0 fully saturated rings. The van der Waals surface area contributed by atoms with Crippen molar-refractivity contribution in [2.75, 3.05) is 0 Å². The van der Waals surface area contributed by atoms with E-state index in [-0.39, 0.29) is 12.0 Å². The molecule has 0 spiro atoms. The third kappa shape index (κ3) is 2.12. The maximum atomic E-state index is 11.5. The molecule has 0 aromatic heterocycles. The molecule has 0 saturated heterocycles. The molecule has 0 radical (unpaired) electrons. The van der Waals surface area contributed by atoms with Crippen LogP contribution >= 0.6 is 0 Å². The van der Waals surface area contributed by atoms with Crippen molar-refractivity contribution in [2.24, 2.45) is 10.8 Å². The molecule has 4 nitrogen and oxygen atoms in total. The van der Waals surface area contributed by atoms with Crippen LogP contribution in [0.25, 0.3) is 0 Å². The van der Waals surface area contributed by atoms with Gasteiger partial charge in [0.05, 0.1) is 5.41 Å². The Balaban J connectivity index is 3.32. The Labute approximate surface area is 101 Å². The minimum atomic E-state index is -1.15. The maximum absolute atomic E-state index is 11.5. The second-order valence-electron chi connectivity index (χ2n) is 5.50. The standard InChI is InChI=1S/C13H18O4/c1-8-5-6-13(11(16)17,12(2,3)4)7-9(8)10(14)15/h5-6H,7H2,1-4H3,(H,14,15)(H,16,17). The van der Waals surface area contributed by atoms with E-state index < -0.39 is 22.8 Å². The van der Waals surface area contributed by atoms with Crippen LogP contribution < -0.4 is 0 Å². The van der Waals surface area contributed by atoms with Gasteiger partial charge in [0.25, 0.3) is 0 Å². The van der Waals surface area contributed by atoms with E-state index >= 15 is 0 Å². The quantitative estimate of drug-likeness (QED) is 0.775. The van der Waals surface area contributed by atoms with Crippen LogP contribution in [0.15, 0.2) is 23.3 Å². The number of allylic oxidation sites excluding steroid dienone is 2. The van der Waals surface area contributed by atoms with Crippen molar-refractivity contribution in [3.05, 3.63) is 23.3 Å². The first-order valence-electron chi connectivity index (χ1n) is 5.47. The first kappa shape index (κ1) is 13.5. The van der Waals surface area contributed by atoms with E-state index in [9.17, 15) is 14.7 Å². The van der Waals surface area contributed by atoms with Crippen molar-refractivity contribution >= 4 is 11.9 Å². The minimum Gasteiger partial charge on any atom is -0.481 e. The Morgan fingerprint density at radius 2 is 1.82 bits per heavy atom. The molecule has 17 heavy (non-hydrogen) atoms. The predicted molar refractivity (Wildman–Crippen MR) is 63.6 cm³/mol. The van der Waals surface area contributed by atoms with Gasteiger partial charge in [0.15, 0.2) is 0 Å². The van der Waals surface area contributed by atoms with Crippen molar-refractivity contribution in [3.63, 3.8) is 0 Å². The molecule has 2 N–H and O–H groups in total. The zero-order chi connectivity index (χ0) is 13.4. The summed E-state index contributed by atoms with van der Waals surface area (Å²) >= 11 is 0. The molecule has 1 atom stereocenters. The smallest absolute Gasteiger partial charge is 0.331 e. The fraction of sp³-hybridized carbons (Fsp3) is 0.538. The van der Waals surface area contributed by atoms with Gasteiger partial charge in [0, 0.05) is 5.57 Å². The second-order valence-corrected chi connectivity index (χ2v) is 5.50. The summed E-state index contributed by atoms with van der Waals surface area (Å²) in [6.07, 6.45) is 3.26. The summed E-state index contributed by atoms with van der Waals surface area (Å²) in [5.74, 6) is -2.02. The number of hydrogen-bond acceptors (Lipinski definition) is 2. The molecule has 1 aliphatic rings. The van der Waals surface area contributed by atoms with Crippen molar-refractivity contribution in [3.8, 4) is 0 Å². The minimum absolute atomic E-state index is 0.0312. The highest BCUT2D eigenvalue weighted by Gasteiger charge is 2.49. The third-order valence-corrected chi connectivity index (χ3v) is 3.53. The molecule has 0 aliphatic heterocycles. The van der Waals surface area contributed by atoms with Crippen LogP contribution in [0.1, 0.15) is 34.1 Å². The van der Waals surface area contributed by atoms with Gasteiger partial charge in [0.1, 0.15) is 0 Å². The average molecular weight is 238 g/mol. The van der Waals surface area contributed by atoms with Gasteiger partial charge in [0.2, 0.25) is 0 Å². The SMILES string of the molecule is CC1=C(C(=O)O)CC(C(=O)O)(C(C)(C)C)C=C1. The monoisotopic (exact) mass is 238 g/mol. The van der Waals surface area contributed by atoms with Gasteiger partial charge >= 0.3 is 11.9 Å². The molecule has 0 aromatic rings. The lowest BCUT2D eigenvalue weighted by molar-refractivity contribution is -0.152. The van der Waals surface area contributed by atoms with Crippen LogP contribution in [0.2, 0.25) is 0 Å². The summed E-state index contributed by atoms with van der Waals surface area (Å²) in [7, 11) is 0. The summed E-state index contributed by atoms with van der Waals surface area (Å²) in [6.45, 7) is 7.12. The van der Waals surface area contributed by atoms with Crippen molar-refractivity contribution in [1.29, 1.82) is 0 Å². The van der Waals surface area contributed by atoms with Gasteiger partial charge in [-0.3, -0.25) is 4.79 Å². The maximum Gasteiger partial charge on any atom is 0.331 e. The van der Waals surface area contributed by atoms with Gasteiger partial charge in [-0.05, 0) is 24.3 Å². The molecular weight excluding hydrogens is 220 g/mol. The molecule has 0 amide bonds. The molecule has 0 bridgehead atoms. The largest absolute Gasteiger partial charge is 0.481 e. The number of carboxylic acids is 2. The van der Waals surface area contributed by atoms with E-state index in [2.05, 4.69) is 0 Å². The Hall–Kier alpha value is -1.58. The number of rotatable bonds is 2. The van der Waals surface area contributed by atoms with Crippen LogP contribution in [0, 0.1) is 10.8 Å². The van der Waals surface area contributed by atoms with Crippen LogP contribution in [-0.2, 0) is 9.59 Å². The molecule has 1 aliphatic carbocycles. The zero-order valence-corrected chi connectivity index (χ0v) is 10.6. The summed E-state index contributed by atoms with van der Waals surface area (Å²) in [4.78, 5) is 22.6. The second kappa shape index (κ2) is 4.02. The number of aliphatic carboxylic acids is 2. The van der Waals surface area contributed by atoms with E-state index in [0.717, 1.165) is 0 Å². The first-order valence-corrected chi connectivity index (χ1v) is 5.47. The predicted octanol–water partition coefficient (Wildman–Crippen LogP) is 2.46. The summed E-state index contributed by atoms with van der Waals surface area (Å²) in [6, 6.07) is 0. The van der Waals surface area contributed by atoms with E-state index in [1.807, 2.05) is 20.8 Å². The number of carbonyl (C=O) groups is 2. The number of carboxylic acid groups (broad SMARTS) is 2. The van der Waals surface area contributed by atoms with E-state index in [4.69, 9.17) is 5.11 Å². The lowest BCUT2D eigenvalue weighted by Gasteiger charge is -2.41. The van der Waals surface area contributed by atoms with E-state index in [1.165, 1.54) is 0 Å². The summed E-state index contributed by atoms with van der Waals surface area (Å²) in [5, 5.41) is 18.5. The highest BCUT2D eigenvalue weighted by atomic mass is 16.4. The molecule has 0 heterocycles. The number of hydrogen-bond donors (Lipinski definition) is 2. The van der Waals surface area contributed by atoms with Crippen LogP contribution in [0.4, 0.5) is 0 Å². The Bertz CT molecular complexity index is 423. The highest BCUT2D eigenvalue weighted by Crippen LogP contribution is 2.48. The van der Waals surface area contributed by atoms with E-state index in [1.54, 1.807) is 19.1 Å². The highest BCUT2D eigenvalue weighted by molar-refractivity contribution is 5.91. The Morgan fingerprint density at radius 1 is 1.29 bits per heavy atom. The molecule has 4 heteroatoms. The van der Waals surface area contributed by atoms with Crippen molar-refractivity contribution in [2.45, 2.75) is 34.1 Å². The van der Waals surface area contributed by atoms with Crippen LogP contribution in [0.3, 0.4) is 0 Å². The van der Waals surface area contributed by atoms with Crippen LogP contribution in [-0.4, -0.2) is 22.2 Å². The van der Waals surface area contributed by atoms with Gasteiger partial charge in [-0.15, -0.1) is 0 Å². The average Bonchev–Trinajstić information content (AvgIpc) is 2.15. The fourth-order valence-corrected chi connectivity index (χ4v) is 2.07. The van der Waals surface area contributed by atoms with Gasteiger partial charge in [-0.1, -0.05) is 32.9 Å². The molecule has 0 saturated carbocycles. The molecule has 94 valence electrons. The molecule has 1 unspecified atom stereocenters. The normalized spacial score (nSPS) is 24.9. The Kier molecular flexibility index (Phi) is 3.19. The van der Waals surface area contributed by atoms with E-state index in [0.29, 0.717) is 5.57 Å². The zero-order valence-electron chi connectivity index (χ0n) is 10.6. The van der Waals surface area contributed by atoms with Crippen LogP contribution in [0.5, 0.6) is 0 Å². The lowest BCUT2D eigenvalue weighted by Crippen LogP contribution is -2.43. The van der Waals surface area contributed by atoms with Gasteiger partial charge in [-0.25, -0.2) is 4.79 Å². The Morgan fingerprint density at radius 3 is 2.18 bits per heavy atom. The van der Waals surface area contributed by atoms with Gasteiger partial charge in [-0.2, -0.15) is 0 Å². The first-order chi connectivity index (χ1) is 7.62. The fourth-order valence-electron chi connectivity index (χ4n) is 2.07. The summed E-state index contributed by atoms with van der Waals surface area (Å²) in [5.41, 5.74) is -0.889. The lowest BCUT2D eigenvalue weighted by atomic mass is 9.61. The molecule has 1 rings (SSSR count). The van der Waals surface area contributed by atoms with Crippen molar-refractivity contribution < 1.29 is 19.8 Å².